The SMILES string of the molecule is Cc1ccc2c(c1)nc(CCl)n2Cc1ncn(C)n1. The number of aromatic nitrogens is 5. The molecule has 0 aliphatic heterocycles. The van der Waals surface area contributed by atoms with Crippen molar-refractivity contribution >= 4 is 22.6 Å². The van der Waals surface area contributed by atoms with Crippen molar-refractivity contribution in [1.82, 2.24) is 24.3 Å². The van der Waals surface area contributed by atoms with Gasteiger partial charge in [-0.2, -0.15) is 5.10 Å². The topological polar surface area (TPSA) is 48.5 Å². The van der Waals surface area contributed by atoms with Crippen LogP contribution in [0.15, 0.2) is 24.5 Å². The Labute approximate surface area is 115 Å². The van der Waals surface area contributed by atoms with E-state index in [-0.39, 0.29) is 0 Å². The summed E-state index contributed by atoms with van der Waals surface area (Å²) < 4.78 is 3.76. The second-order valence-electron chi connectivity index (χ2n) is 4.57. The van der Waals surface area contributed by atoms with Gasteiger partial charge in [0.05, 0.1) is 23.5 Å². The van der Waals surface area contributed by atoms with Crippen molar-refractivity contribution in [3.05, 3.63) is 41.7 Å². The second kappa shape index (κ2) is 4.66. The van der Waals surface area contributed by atoms with Crippen molar-refractivity contribution in [1.29, 1.82) is 0 Å². The maximum atomic E-state index is 5.99. The average molecular weight is 276 g/mol. The van der Waals surface area contributed by atoms with E-state index < -0.39 is 0 Å². The van der Waals surface area contributed by atoms with Gasteiger partial charge in [-0.05, 0) is 24.6 Å². The lowest BCUT2D eigenvalue weighted by Gasteiger charge is -2.04. The summed E-state index contributed by atoms with van der Waals surface area (Å²) in [7, 11) is 1.86. The molecule has 3 aromatic rings. The minimum absolute atomic E-state index is 0.376. The highest BCUT2D eigenvalue weighted by Crippen LogP contribution is 2.19. The first-order valence-corrected chi connectivity index (χ1v) is 6.57. The van der Waals surface area contributed by atoms with Gasteiger partial charge in [0.15, 0.2) is 5.82 Å². The van der Waals surface area contributed by atoms with Crippen LogP contribution >= 0.6 is 11.6 Å². The van der Waals surface area contributed by atoms with Crippen LogP contribution in [0.1, 0.15) is 17.2 Å². The van der Waals surface area contributed by atoms with Gasteiger partial charge in [-0.25, -0.2) is 9.97 Å². The molecule has 0 aliphatic rings. The average Bonchev–Trinajstić information content (AvgIpc) is 2.94. The van der Waals surface area contributed by atoms with E-state index in [0.29, 0.717) is 12.4 Å². The van der Waals surface area contributed by atoms with Crippen molar-refractivity contribution in [2.24, 2.45) is 7.05 Å². The Morgan fingerprint density at radius 1 is 1.32 bits per heavy atom. The third-order valence-electron chi connectivity index (χ3n) is 3.05. The van der Waals surface area contributed by atoms with Crippen molar-refractivity contribution < 1.29 is 0 Å². The number of benzene rings is 1. The van der Waals surface area contributed by atoms with E-state index in [9.17, 15) is 0 Å². The molecule has 0 saturated heterocycles. The normalized spacial score (nSPS) is 11.3. The van der Waals surface area contributed by atoms with E-state index in [1.54, 1.807) is 11.0 Å². The summed E-state index contributed by atoms with van der Waals surface area (Å²) in [5.74, 6) is 1.98. The fourth-order valence-corrected chi connectivity index (χ4v) is 2.37. The zero-order valence-electron chi connectivity index (χ0n) is 10.8. The Morgan fingerprint density at radius 3 is 2.84 bits per heavy atom. The molecule has 0 amide bonds. The molecule has 0 saturated carbocycles. The minimum atomic E-state index is 0.376. The first-order valence-electron chi connectivity index (χ1n) is 6.03. The Morgan fingerprint density at radius 2 is 2.16 bits per heavy atom. The lowest BCUT2D eigenvalue weighted by atomic mass is 10.2. The zero-order chi connectivity index (χ0) is 13.4. The van der Waals surface area contributed by atoms with Crippen LogP contribution in [-0.2, 0) is 19.5 Å². The number of nitrogens with zero attached hydrogens (tertiary/aromatic N) is 5. The predicted molar refractivity (Wildman–Crippen MR) is 74.1 cm³/mol. The number of imidazole rings is 1. The molecule has 5 nitrogen and oxygen atoms in total. The zero-order valence-corrected chi connectivity index (χ0v) is 11.6. The van der Waals surface area contributed by atoms with Crippen molar-refractivity contribution in [3.63, 3.8) is 0 Å². The van der Waals surface area contributed by atoms with Crippen molar-refractivity contribution in [2.45, 2.75) is 19.3 Å². The van der Waals surface area contributed by atoms with Crippen LogP contribution in [0.25, 0.3) is 11.0 Å². The van der Waals surface area contributed by atoms with E-state index in [1.165, 1.54) is 5.56 Å². The quantitative estimate of drug-likeness (QED) is 0.689. The Bertz CT molecular complexity index is 728. The molecule has 0 fully saturated rings. The molecule has 2 aromatic heterocycles. The molecule has 0 aliphatic carbocycles. The number of halogens is 1. The molecule has 3 rings (SSSR count). The van der Waals surface area contributed by atoms with Crippen LogP contribution < -0.4 is 0 Å². The van der Waals surface area contributed by atoms with Crippen LogP contribution in [0.5, 0.6) is 0 Å². The monoisotopic (exact) mass is 275 g/mol. The number of fused-ring (bicyclic) bond motifs is 1. The van der Waals surface area contributed by atoms with Crippen LogP contribution in [0.3, 0.4) is 0 Å². The summed E-state index contributed by atoms with van der Waals surface area (Å²) in [4.78, 5) is 8.81. The molecule has 98 valence electrons. The van der Waals surface area contributed by atoms with Gasteiger partial charge < -0.3 is 4.57 Å². The maximum absolute atomic E-state index is 5.99. The van der Waals surface area contributed by atoms with Gasteiger partial charge in [-0.3, -0.25) is 4.68 Å². The second-order valence-corrected chi connectivity index (χ2v) is 4.84. The Kier molecular flexibility index (Phi) is 2.98. The Hall–Kier alpha value is -1.88. The largest absolute Gasteiger partial charge is 0.319 e. The van der Waals surface area contributed by atoms with E-state index in [0.717, 1.165) is 22.7 Å². The van der Waals surface area contributed by atoms with E-state index in [4.69, 9.17) is 11.6 Å². The third-order valence-corrected chi connectivity index (χ3v) is 3.29. The molecule has 0 radical (unpaired) electrons. The fourth-order valence-electron chi connectivity index (χ4n) is 2.17. The molecular formula is C13H14ClN5. The summed E-state index contributed by atoms with van der Waals surface area (Å²) in [6.07, 6.45) is 1.69. The number of aryl methyl sites for hydroxylation is 2. The molecule has 19 heavy (non-hydrogen) atoms. The van der Waals surface area contributed by atoms with Gasteiger partial charge in [0, 0.05) is 7.05 Å². The summed E-state index contributed by atoms with van der Waals surface area (Å²) in [5, 5.41) is 4.30. The molecular weight excluding hydrogens is 262 g/mol. The van der Waals surface area contributed by atoms with Gasteiger partial charge in [-0.1, -0.05) is 6.07 Å². The summed E-state index contributed by atoms with van der Waals surface area (Å²) in [6.45, 7) is 2.64. The molecule has 0 N–H and O–H groups in total. The van der Waals surface area contributed by atoms with Crippen LogP contribution in [0, 0.1) is 6.92 Å². The van der Waals surface area contributed by atoms with Gasteiger partial charge in [0.1, 0.15) is 12.2 Å². The molecule has 0 spiro atoms. The third kappa shape index (κ3) is 2.21. The first-order chi connectivity index (χ1) is 9.17. The van der Waals surface area contributed by atoms with Crippen molar-refractivity contribution in [2.75, 3.05) is 0 Å². The van der Waals surface area contributed by atoms with E-state index >= 15 is 0 Å². The van der Waals surface area contributed by atoms with Crippen LogP contribution in [0.2, 0.25) is 0 Å². The highest BCUT2D eigenvalue weighted by atomic mass is 35.5. The molecule has 0 bridgehead atoms. The van der Waals surface area contributed by atoms with Gasteiger partial charge in [0.2, 0.25) is 0 Å². The minimum Gasteiger partial charge on any atom is -0.319 e. The predicted octanol–water partition coefficient (Wildman–Crippen LogP) is 2.26. The molecule has 1 aromatic carbocycles. The summed E-state index contributed by atoms with van der Waals surface area (Å²) in [5.41, 5.74) is 3.22. The van der Waals surface area contributed by atoms with Crippen LogP contribution in [0.4, 0.5) is 0 Å². The fraction of sp³-hybridized carbons (Fsp3) is 0.308. The van der Waals surface area contributed by atoms with Crippen LogP contribution in [-0.4, -0.2) is 24.3 Å². The smallest absolute Gasteiger partial charge is 0.170 e. The first kappa shape index (κ1) is 12.2. The highest BCUT2D eigenvalue weighted by molar-refractivity contribution is 6.16. The molecule has 0 unspecified atom stereocenters. The lowest BCUT2D eigenvalue weighted by molar-refractivity contribution is 0.697. The van der Waals surface area contributed by atoms with Crippen molar-refractivity contribution in [3.8, 4) is 0 Å². The molecule has 0 atom stereocenters. The molecule has 6 heteroatoms. The number of hydrogen-bond donors (Lipinski definition) is 0. The summed E-state index contributed by atoms with van der Waals surface area (Å²) >= 11 is 5.99. The summed E-state index contributed by atoms with van der Waals surface area (Å²) in [6, 6.07) is 6.20. The standard InChI is InChI=1S/C13H14ClN5/c1-9-3-4-11-10(5-9)16-13(6-14)19(11)7-12-15-8-18(2)17-12/h3-5,8H,6-7H2,1-2H3. The van der Waals surface area contributed by atoms with E-state index in [2.05, 4.69) is 44.8 Å². The van der Waals surface area contributed by atoms with Gasteiger partial charge in [-0.15, -0.1) is 11.6 Å². The van der Waals surface area contributed by atoms with Gasteiger partial charge in [0.25, 0.3) is 0 Å². The number of hydrogen-bond acceptors (Lipinski definition) is 3. The maximum Gasteiger partial charge on any atom is 0.170 e. The number of rotatable bonds is 3. The number of alkyl halides is 1. The Balaban J connectivity index is 2.10. The highest BCUT2D eigenvalue weighted by Gasteiger charge is 2.12. The molecule has 2 heterocycles. The van der Waals surface area contributed by atoms with Gasteiger partial charge >= 0.3 is 0 Å². The van der Waals surface area contributed by atoms with E-state index in [1.807, 2.05) is 7.05 Å². The lowest BCUT2D eigenvalue weighted by Crippen LogP contribution is -2.06.